The van der Waals surface area contributed by atoms with Gasteiger partial charge >= 0.3 is 0 Å². The molecule has 6 heteroatoms. The Morgan fingerprint density at radius 2 is 2.29 bits per heavy atom. The molecular formula is C11H19N5O. The predicted molar refractivity (Wildman–Crippen MR) is 67.4 cm³/mol. The Kier molecular flexibility index (Phi) is 5.19. The molecule has 1 rings (SSSR count). The molecule has 1 amide bonds. The summed E-state index contributed by atoms with van der Waals surface area (Å²) in [5.74, 6) is 1.06. The molecule has 0 aromatic carbocycles. The van der Waals surface area contributed by atoms with Gasteiger partial charge in [-0.15, -0.1) is 0 Å². The Labute approximate surface area is 101 Å². The molecule has 1 aromatic heterocycles. The zero-order valence-corrected chi connectivity index (χ0v) is 10.2. The molecule has 0 spiro atoms. The van der Waals surface area contributed by atoms with E-state index in [-0.39, 0.29) is 5.91 Å². The molecule has 0 unspecified atom stereocenters. The van der Waals surface area contributed by atoms with Crippen LogP contribution in [0.3, 0.4) is 0 Å². The molecule has 1 aromatic rings. The highest BCUT2D eigenvalue weighted by Crippen LogP contribution is 2.10. The number of amides is 1. The van der Waals surface area contributed by atoms with Gasteiger partial charge in [-0.2, -0.15) is 0 Å². The zero-order chi connectivity index (χ0) is 12.7. The van der Waals surface area contributed by atoms with Crippen molar-refractivity contribution in [2.24, 2.45) is 5.92 Å². The van der Waals surface area contributed by atoms with Crippen LogP contribution in [0.15, 0.2) is 12.5 Å². The molecule has 94 valence electrons. The fourth-order valence-corrected chi connectivity index (χ4v) is 1.19. The fourth-order valence-electron chi connectivity index (χ4n) is 1.19. The summed E-state index contributed by atoms with van der Waals surface area (Å²) in [5, 5.41) is 5.83. The molecule has 0 saturated heterocycles. The van der Waals surface area contributed by atoms with Crippen LogP contribution in [0, 0.1) is 5.92 Å². The van der Waals surface area contributed by atoms with Crippen molar-refractivity contribution in [2.45, 2.75) is 20.3 Å². The van der Waals surface area contributed by atoms with Gasteiger partial charge in [0.2, 0.25) is 5.91 Å². The number of nitrogens with two attached hydrogens (primary N) is 1. The van der Waals surface area contributed by atoms with Crippen LogP contribution in [0.5, 0.6) is 0 Å². The van der Waals surface area contributed by atoms with E-state index >= 15 is 0 Å². The molecule has 1 heterocycles. The molecule has 17 heavy (non-hydrogen) atoms. The third-order valence-electron chi connectivity index (χ3n) is 2.09. The van der Waals surface area contributed by atoms with E-state index in [1.807, 2.05) is 0 Å². The van der Waals surface area contributed by atoms with Gasteiger partial charge in [0.1, 0.15) is 6.33 Å². The Balaban J connectivity index is 2.24. The topological polar surface area (TPSA) is 92.9 Å². The van der Waals surface area contributed by atoms with Crippen LogP contribution in [-0.4, -0.2) is 29.0 Å². The zero-order valence-electron chi connectivity index (χ0n) is 10.2. The Bertz CT molecular complexity index is 367. The highest BCUT2D eigenvalue weighted by atomic mass is 16.1. The number of anilines is 2. The van der Waals surface area contributed by atoms with Gasteiger partial charge in [-0.1, -0.05) is 13.8 Å². The van der Waals surface area contributed by atoms with Gasteiger partial charge < -0.3 is 16.4 Å². The molecule has 0 aliphatic heterocycles. The highest BCUT2D eigenvalue weighted by molar-refractivity contribution is 5.76. The van der Waals surface area contributed by atoms with Gasteiger partial charge in [0.25, 0.3) is 0 Å². The number of carbonyl (C=O) groups is 1. The van der Waals surface area contributed by atoms with E-state index in [1.54, 1.807) is 0 Å². The van der Waals surface area contributed by atoms with Crippen LogP contribution in [0.1, 0.15) is 20.3 Å². The summed E-state index contributed by atoms with van der Waals surface area (Å²) in [4.78, 5) is 19.2. The second-order valence-corrected chi connectivity index (χ2v) is 4.20. The maximum absolute atomic E-state index is 11.4. The van der Waals surface area contributed by atoms with Gasteiger partial charge in [-0.05, 0) is 5.92 Å². The number of hydrogen-bond acceptors (Lipinski definition) is 5. The summed E-state index contributed by atoms with van der Waals surface area (Å²) in [7, 11) is 0. The van der Waals surface area contributed by atoms with Crippen LogP contribution >= 0.6 is 0 Å². The van der Waals surface area contributed by atoms with E-state index in [9.17, 15) is 4.79 Å². The van der Waals surface area contributed by atoms with Crippen LogP contribution in [0.4, 0.5) is 11.5 Å². The summed E-state index contributed by atoms with van der Waals surface area (Å²) >= 11 is 0. The predicted octanol–water partition coefficient (Wildman–Crippen LogP) is 0.633. The van der Waals surface area contributed by atoms with E-state index < -0.39 is 0 Å². The molecule has 0 fully saturated rings. The fraction of sp³-hybridized carbons (Fsp3) is 0.545. The van der Waals surface area contributed by atoms with E-state index in [4.69, 9.17) is 5.73 Å². The van der Waals surface area contributed by atoms with E-state index in [2.05, 4.69) is 34.4 Å². The van der Waals surface area contributed by atoms with Crippen molar-refractivity contribution < 1.29 is 4.79 Å². The van der Waals surface area contributed by atoms with Crippen molar-refractivity contribution in [1.82, 2.24) is 15.3 Å². The quantitative estimate of drug-likeness (QED) is 0.675. The minimum absolute atomic E-state index is 0.0267. The third-order valence-corrected chi connectivity index (χ3v) is 2.09. The summed E-state index contributed by atoms with van der Waals surface area (Å²) in [6, 6.07) is 0. The first-order valence-corrected chi connectivity index (χ1v) is 5.65. The van der Waals surface area contributed by atoms with Crippen LogP contribution in [0.25, 0.3) is 0 Å². The Morgan fingerprint density at radius 3 is 2.94 bits per heavy atom. The van der Waals surface area contributed by atoms with Gasteiger partial charge in [-0.25, -0.2) is 9.97 Å². The lowest BCUT2D eigenvalue weighted by molar-refractivity contribution is -0.120. The number of nitrogen functional groups attached to an aromatic ring is 1. The lowest BCUT2D eigenvalue weighted by Gasteiger charge is -2.09. The summed E-state index contributed by atoms with van der Waals surface area (Å²) in [5.41, 5.74) is 6.13. The number of hydrogen-bond donors (Lipinski definition) is 3. The molecule has 0 saturated carbocycles. The minimum atomic E-state index is 0.0267. The maximum Gasteiger partial charge on any atom is 0.221 e. The van der Waals surface area contributed by atoms with Gasteiger partial charge in [0.05, 0.1) is 11.9 Å². The standard InChI is InChI=1S/C11H19N5O/c1-8(2)5-15-10(17)3-4-14-11-9(12)6-13-7-16-11/h6-8H,3-5,12H2,1-2H3,(H,15,17)(H,13,14,16). The first-order valence-electron chi connectivity index (χ1n) is 5.65. The molecule has 0 atom stereocenters. The molecule has 0 radical (unpaired) electrons. The van der Waals surface area contributed by atoms with Crippen molar-refractivity contribution in [3.05, 3.63) is 12.5 Å². The van der Waals surface area contributed by atoms with Crippen molar-refractivity contribution in [2.75, 3.05) is 24.1 Å². The lowest BCUT2D eigenvalue weighted by atomic mass is 10.2. The van der Waals surface area contributed by atoms with Crippen molar-refractivity contribution in [3.63, 3.8) is 0 Å². The number of rotatable bonds is 6. The molecule has 0 bridgehead atoms. The second kappa shape index (κ2) is 6.67. The molecular weight excluding hydrogens is 218 g/mol. The largest absolute Gasteiger partial charge is 0.394 e. The van der Waals surface area contributed by atoms with Crippen molar-refractivity contribution in [1.29, 1.82) is 0 Å². The van der Waals surface area contributed by atoms with Crippen LogP contribution in [-0.2, 0) is 4.79 Å². The monoisotopic (exact) mass is 237 g/mol. The lowest BCUT2D eigenvalue weighted by Crippen LogP contribution is -2.28. The first-order chi connectivity index (χ1) is 8.09. The number of carbonyl (C=O) groups excluding carboxylic acids is 1. The summed E-state index contributed by atoms with van der Waals surface area (Å²) in [6.07, 6.45) is 3.34. The second-order valence-electron chi connectivity index (χ2n) is 4.20. The number of aromatic nitrogens is 2. The van der Waals surface area contributed by atoms with Crippen LogP contribution in [0.2, 0.25) is 0 Å². The van der Waals surface area contributed by atoms with Gasteiger partial charge in [0, 0.05) is 19.5 Å². The SMILES string of the molecule is CC(C)CNC(=O)CCNc1ncncc1N. The third kappa shape index (κ3) is 5.14. The van der Waals surface area contributed by atoms with Crippen molar-refractivity contribution >= 4 is 17.4 Å². The molecule has 0 aliphatic carbocycles. The minimum Gasteiger partial charge on any atom is -0.394 e. The average molecular weight is 237 g/mol. The molecule has 6 nitrogen and oxygen atoms in total. The molecule has 0 aliphatic rings. The van der Waals surface area contributed by atoms with Gasteiger partial charge in [0.15, 0.2) is 5.82 Å². The van der Waals surface area contributed by atoms with Crippen LogP contribution < -0.4 is 16.4 Å². The first kappa shape index (κ1) is 13.2. The normalized spacial score (nSPS) is 10.3. The maximum atomic E-state index is 11.4. The van der Waals surface area contributed by atoms with Gasteiger partial charge in [-0.3, -0.25) is 4.79 Å². The number of nitrogens with zero attached hydrogens (tertiary/aromatic N) is 2. The summed E-state index contributed by atoms with van der Waals surface area (Å²) < 4.78 is 0. The summed E-state index contributed by atoms with van der Waals surface area (Å²) in [6.45, 7) is 5.32. The van der Waals surface area contributed by atoms with E-state index in [1.165, 1.54) is 12.5 Å². The Morgan fingerprint density at radius 1 is 1.53 bits per heavy atom. The Hall–Kier alpha value is -1.85. The van der Waals surface area contributed by atoms with E-state index in [0.717, 1.165) is 0 Å². The van der Waals surface area contributed by atoms with E-state index in [0.29, 0.717) is 36.9 Å². The molecule has 4 N–H and O–H groups in total. The smallest absolute Gasteiger partial charge is 0.221 e. The number of nitrogens with one attached hydrogen (secondary N) is 2. The van der Waals surface area contributed by atoms with Crippen molar-refractivity contribution in [3.8, 4) is 0 Å². The highest BCUT2D eigenvalue weighted by Gasteiger charge is 2.03. The average Bonchev–Trinajstić information content (AvgIpc) is 2.29.